The van der Waals surface area contributed by atoms with E-state index in [9.17, 15) is 9.59 Å². The van der Waals surface area contributed by atoms with Gasteiger partial charge in [-0.1, -0.05) is 31.5 Å². The van der Waals surface area contributed by atoms with Crippen molar-refractivity contribution in [2.45, 2.75) is 78.1 Å². The van der Waals surface area contributed by atoms with Crippen LogP contribution in [0.3, 0.4) is 0 Å². The summed E-state index contributed by atoms with van der Waals surface area (Å²) in [6, 6.07) is 4.23. The normalized spacial score (nSPS) is 37.1. The molecular weight excluding hydrogens is 380 g/mol. The summed E-state index contributed by atoms with van der Waals surface area (Å²) in [4.78, 5) is 26.9. The molecule has 3 aliphatic rings. The van der Waals surface area contributed by atoms with E-state index in [1.165, 1.54) is 5.56 Å². The largest absolute Gasteiger partial charge is 0.461 e. The van der Waals surface area contributed by atoms with E-state index in [0.717, 1.165) is 29.5 Å². The maximum absolute atomic E-state index is 14.2. The van der Waals surface area contributed by atoms with Crippen molar-refractivity contribution in [2.75, 3.05) is 13.7 Å². The number of benzene rings is 1. The Morgan fingerprint density at radius 3 is 2.43 bits per heavy atom. The van der Waals surface area contributed by atoms with Gasteiger partial charge in [0.1, 0.15) is 11.7 Å². The minimum atomic E-state index is -0.734. The zero-order valence-corrected chi connectivity index (χ0v) is 19.2. The predicted molar refractivity (Wildman–Crippen MR) is 113 cm³/mol. The van der Waals surface area contributed by atoms with E-state index in [0.29, 0.717) is 6.61 Å². The first-order valence-electron chi connectivity index (χ1n) is 11.1. The average Bonchev–Trinajstić information content (AvgIpc) is 3.24. The smallest absolute Gasteiger partial charge is 0.308 e. The molecule has 2 bridgehead atoms. The second-order valence-corrected chi connectivity index (χ2v) is 10.1. The Balaban J connectivity index is 1.87. The summed E-state index contributed by atoms with van der Waals surface area (Å²) in [6.07, 6.45) is 1.07. The molecule has 2 saturated heterocycles. The van der Waals surface area contributed by atoms with Crippen LogP contribution < -0.4 is 0 Å². The van der Waals surface area contributed by atoms with Gasteiger partial charge in [0.2, 0.25) is 0 Å². The number of aryl methyl sites for hydroxylation is 3. The van der Waals surface area contributed by atoms with Crippen molar-refractivity contribution in [1.82, 2.24) is 0 Å². The highest BCUT2D eigenvalue weighted by Gasteiger charge is 2.77. The number of hydrogen-bond donors (Lipinski definition) is 0. The van der Waals surface area contributed by atoms with E-state index in [4.69, 9.17) is 14.2 Å². The van der Waals surface area contributed by atoms with E-state index in [2.05, 4.69) is 32.9 Å². The zero-order valence-electron chi connectivity index (χ0n) is 19.2. The standard InChI is InChI=1S/C25H34O5/c1-13(2)23(27)29-21-19(18-15(4)10-14(3)11-16(18)5)22(26)24(6)20(21)17-8-9-25(24,30-17)12-28-7/h10-11,13,17,19-21H,8-9,12H2,1-7H3/t17-,19?,20+,21?,24+,25-/m0/s1. The highest BCUT2D eigenvalue weighted by atomic mass is 16.6. The zero-order chi connectivity index (χ0) is 22.0. The molecule has 0 aromatic heterocycles. The molecule has 4 rings (SSSR count). The summed E-state index contributed by atoms with van der Waals surface area (Å²) in [5, 5.41) is 0. The van der Waals surface area contributed by atoms with Crippen LogP contribution in [0.1, 0.15) is 61.8 Å². The lowest BCUT2D eigenvalue weighted by Gasteiger charge is -2.41. The maximum Gasteiger partial charge on any atom is 0.308 e. The van der Waals surface area contributed by atoms with Gasteiger partial charge >= 0.3 is 5.97 Å². The summed E-state index contributed by atoms with van der Waals surface area (Å²) in [6.45, 7) is 12.2. The van der Waals surface area contributed by atoms with Crippen LogP contribution in [0.5, 0.6) is 0 Å². The second kappa shape index (κ2) is 7.16. The summed E-state index contributed by atoms with van der Waals surface area (Å²) in [7, 11) is 1.66. The molecule has 164 valence electrons. The number of carbonyl (C=O) groups excluding carboxylic acids is 2. The Morgan fingerprint density at radius 1 is 1.23 bits per heavy atom. The maximum atomic E-state index is 14.2. The number of Topliss-reactive ketones (excluding diaryl/α,β-unsaturated/α-hetero) is 1. The third kappa shape index (κ3) is 2.74. The Morgan fingerprint density at radius 2 is 1.87 bits per heavy atom. The first-order chi connectivity index (χ1) is 14.1. The molecule has 1 aromatic carbocycles. The average molecular weight is 415 g/mol. The summed E-state index contributed by atoms with van der Waals surface area (Å²) >= 11 is 0. The molecule has 30 heavy (non-hydrogen) atoms. The van der Waals surface area contributed by atoms with Crippen LogP contribution >= 0.6 is 0 Å². The lowest BCUT2D eigenvalue weighted by Crippen LogP contribution is -2.53. The molecule has 0 radical (unpaired) electrons. The van der Waals surface area contributed by atoms with Gasteiger partial charge in [0.25, 0.3) is 0 Å². The highest BCUT2D eigenvalue weighted by molar-refractivity contribution is 5.97. The van der Waals surface area contributed by atoms with Crippen LogP contribution in [-0.4, -0.2) is 43.3 Å². The van der Waals surface area contributed by atoms with Crippen LogP contribution in [0.15, 0.2) is 12.1 Å². The quantitative estimate of drug-likeness (QED) is 0.681. The fourth-order valence-electron chi connectivity index (χ4n) is 6.58. The van der Waals surface area contributed by atoms with Crippen molar-refractivity contribution in [2.24, 2.45) is 17.3 Å². The first kappa shape index (κ1) is 21.5. The molecule has 3 fully saturated rings. The van der Waals surface area contributed by atoms with Crippen LogP contribution in [-0.2, 0) is 23.8 Å². The highest BCUT2D eigenvalue weighted by Crippen LogP contribution is 2.67. The molecule has 0 N–H and O–H groups in total. The fourth-order valence-corrected chi connectivity index (χ4v) is 6.58. The third-order valence-electron chi connectivity index (χ3n) is 7.85. The van der Waals surface area contributed by atoms with E-state index in [1.54, 1.807) is 7.11 Å². The predicted octanol–water partition coefficient (Wildman–Crippen LogP) is 4.05. The van der Waals surface area contributed by atoms with Crippen LogP contribution in [0.4, 0.5) is 0 Å². The van der Waals surface area contributed by atoms with E-state index < -0.39 is 23.0 Å². The van der Waals surface area contributed by atoms with Gasteiger partial charge in [-0.05, 0) is 57.2 Å². The number of esters is 1. The molecule has 2 aliphatic heterocycles. The lowest BCUT2D eigenvalue weighted by atomic mass is 9.61. The van der Waals surface area contributed by atoms with Gasteiger partial charge in [0, 0.05) is 13.0 Å². The molecule has 6 atom stereocenters. The van der Waals surface area contributed by atoms with Gasteiger partial charge in [0.15, 0.2) is 5.78 Å². The van der Waals surface area contributed by atoms with Crippen molar-refractivity contribution in [3.05, 3.63) is 34.4 Å². The van der Waals surface area contributed by atoms with E-state index >= 15 is 0 Å². The van der Waals surface area contributed by atoms with Gasteiger partial charge in [0.05, 0.1) is 30.0 Å². The van der Waals surface area contributed by atoms with Crippen LogP contribution in [0, 0.1) is 38.0 Å². The van der Waals surface area contributed by atoms with Gasteiger partial charge in [-0.25, -0.2) is 0 Å². The number of ether oxygens (including phenoxy) is 3. The molecule has 5 nitrogen and oxygen atoms in total. The van der Waals surface area contributed by atoms with E-state index in [-0.39, 0.29) is 29.7 Å². The Hall–Kier alpha value is -1.72. The SMILES string of the molecule is COC[C@]12CC[C@H](O1)[C@@H]1C(OC(=O)C(C)C)C(c3c(C)cc(C)cc3C)C(=O)[C@@]12C. The van der Waals surface area contributed by atoms with Gasteiger partial charge < -0.3 is 14.2 Å². The van der Waals surface area contributed by atoms with E-state index in [1.807, 2.05) is 20.8 Å². The van der Waals surface area contributed by atoms with Crippen LogP contribution in [0.25, 0.3) is 0 Å². The summed E-state index contributed by atoms with van der Waals surface area (Å²) in [5.41, 5.74) is 2.96. The Labute approximate surface area is 179 Å². The minimum Gasteiger partial charge on any atom is -0.461 e. The van der Waals surface area contributed by atoms with Crippen molar-refractivity contribution < 1.29 is 23.8 Å². The Bertz CT molecular complexity index is 867. The summed E-state index contributed by atoms with van der Waals surface area (Å²) in [5.74, 6) is -0.998. The number of methoxy groups -OCH3 is 1. The lowest BCUT2D eigenvalue weighted by molar-refractivity contribution is -0.157. The van der Waals surface area contributed by atoms with Crippen molar-refractivity contribution in [3.8, 4) is 0 Å². The van der Waals surface area contributed by atoms with Gasteiger partial charge in [-0.3, -0.25) is 9.59 Å². The molecule has 2 unspecified atom stereocenters. The number of rotatable bonds is 5. The molecule has 2 heterocycles. The molecule has 1 saturated carbocycles. The minimum absolute atomic E-state index is 0.0878. The third-order valence-corrected chi connectivity index (χ3v) is 7.85. The molecule has 5 heteroatoms. The molecule has 0 spiro atoms. The number of ketones is 1. The van der Waals surface area contributed by atoms with Crippen molar-refractivity contribution in [3.63, 3.8) is 0 Å². The first-order valence-corrected chi connectivity index (χ1v) is 11.1. The number of carbonyl (C=O) groups is 2. The summed E-state index contributed by atoms with van der Waals surface area (Å²) < 4.78 is 18.1. The number of fused-ring (bicyclic) bond motifs is 5. The Kier molecular flexibility index (Phi) is 5.14. The fraction of sp³-hybridized carbons (Fsp3) is 0.680. The monoisotopic (exact) mass is 414 g/mol. The molecule has 1 aliphatic carbocycles. The van der Waals surface area contributed by atoms with Crippen molar-refractivity contribution in [1.29, 1.82) is 0 Å². The second-order valence-electron chi connectivity index (χ2n) is 10.1. The van der Waals surface area contributed by atoms with Gasteiger partial charge in [-0.15, -0.1) is 0 Å². The number of hydrogen-bond acceptors (Lipinski definition) is 5. The molecule has 0 amide bonds. The topological polar surface area (TPSA) is 61.8 Å². The van der Waals surface area contributed by atoms with Crippen molar-refractivity contribution >= 4 is 11.8 Å². The molecule has 1 aromatic rings. The van der Waals surface area contributed by atoms with Crippen LogP contribution in [0.2, 0.25) is 0 Å². The van der Waals surface area contributed by atoms with Gasteiger partial charge in [-0.2, -0.15) is 0 Å². The molecular formula is C25H34O5.